The van der Waals surface area contributed by atoms with Gasteiger partial charge in [0.1, 0.15) is 11.8 Å². The molecule has 1 atom stereocenters. The molecule has 0 spiro atoms. The van der Waals surface area contributed by atoms with E-state index in [0.717, 1.165) is 11.3 Å². The van der Waals surface area contributed by atoms with Crippen molar-refractivity contribution in [2.24, 2.45) is 7.05 Å². The lowest BCUT2D eigenvalue weighted by Crippen LogP contribution is -2.11. The van der Waals surface area contributed by atoms with Crippen molar-refractivity contribution >= 4 is 22.8 Å². The van der Waals surface area contributed by atoms with E-state index in [9.17, 15) is 0 Å². The van der Waals surface area contributed by atoms with Gasteiger partial charge in [-0.15, -0.1) is 10.2 Å². The van der Waals surface area contributed by atoms with Crippen molar-refractivity contribution in [1.82, 2.24) is 19.7 Å². The number of nitrogens with zero attached hydrogens (tertiary/aromatic N) is 4. The highest BCUT2D eigenvalue weighted by atomic mass is 16.4. The van der Waals surface area contributed by atoms with Gasteiger partial charge in [-0.05, 0) is 25.1 Å². The molecule has 0 saturated heterocycles. The predicted octanol–water partition coefficient (Wildman–Crippen LogP) is 1.71. The average Bonchev–Trinajstić information content (AvgIpc) is 2.94. The molecule has 0 radical (unpaired) electrons. The summed E-state index contributed by atoms with van der Waals surface area (Å²) < 4.78 is 7.44. The molecule has 1 aromatic carbocycles. The van der Waals surface area contributed by atoms with Gasteiger partial charge in [0.15, 0.2) is 11.4 Å². The summed E-state index contributed by atoms with van der Waals surface area (Å²) in [7, 11) is 1.89. The van der Waals surface area contributed by atoms with Crippen molar-refractivity contribution in [2.75, 3.05) is 11.1 Å². The summed E-state index contributed by atoms with van der Waals surface area (Å²) in [5, 5.41) is 11.0. The van der Waals surface area contributed by atoms with Crippen LogP contribution in [0, 0.1) is 0 Å². The van der Waals surface area contributed by atoms with Crippen molar-refractivity contribution < 1.29 is 4.42 Å². The first-order valence-corrected chi connectivity index (χ1v) is 5.90. The molecule has 0 aliphatic rings. The molecule has 7 nitrogen and oxygen atoms in total. The van der Waals surface area contributed by atoms with Crippen LogP contribution in [-0.2, 0) is 7.05 Å². The summed E-state index contributed by atoms with van der Waals surface area (Å²) in [5.74, 6) is 0.807. The lowest BCUT2D eigenvalue weighted by molar-refractivity contribution is 0.594. The summed E-state index contributed by atoms with van der Waals surface area (Å²) in [4.78, 5) is 4.34. The van der Waals surface area contributed by atoms with Gasteiger partial charge in [0, 0.05) is 12.7 Å². The number of nitrogens with one attached hydrogen (secondary N) is 1. The summed E-state index contributed by atoms with van der Waals surface area (Å²) in [6.45, 7) is 1.97. The SMILES string of the molecule is CC(Nc1nc2cc(N)ccc2o1)c1nncn1C. The number of rotatable bonds is 3. The van der Waals surface area contributed by atoms with E-state index in [0.29, 0.717) is 17.3 Å². The molecule has 19 heavy (non-hydrogen) atoms. The fourth-order valence-electron chi connectivity index (χ4n) is 1.94. The van der Waals surface area contributed by atoms with Gasteiger partial charge >= 0.3 is 0 Å². The Labute approximate surface area is 109 Å². The minimum Gasteiger partial charge on any atom is -0.424 e. The van der Waals surface area contributed by atoms with Crippen LogP contribution in [0.4, 0.5) is 11.7 Å². The van der Waals surface area contributed by atoms with Crippen LogP contribution in [0.5, 0.6) is 0 Å². The van der Waals surface area contributed by atoms with Crippen LogP contribution >= 0.6 is 0 Å². The number of oxazole rings is 1. The number of hydrogen-bond donors (Lipinski definition) is 2. The van der Waals surface area contributed by atoms with E-state index in [-0.39, 0.29) is 6.04 Å². The second-order valence-electron chi connectivity index (χ2n) is 4.41. The molecule has 3 rings (SSSR count). The third-order valence-corrected chi connectivity index (χ3v) is 2.89. The summed E-state index contributed by atoms with van der Waals surface area (Å²) in [5.41, 5.74) is 7.79. The van der Waals surface area contributed by atoms with Gasteiger partial charge in [0.05, 0.1) is 6.04 Å². The maximum absolute atomic E-state index is 5.71. The minimum absolute atomic E-state index is 0.0575. The maximum Gasteiger partial charge on any atom is 0.296 e. The molecular weight excluding hydrogens is 244 g/mol. The minimum atomic E-state index is -0.0575. The number of nitrogen functional groups attached to an aromatic ring is 1. The highest BCUT2D eigenvalue weighted by Gasteiger charge is 2.14. The standard InChI is InChI=1S/C12H14N6O/c1-7(11-17-14-6-18(11)2)15-12-16-9-5-8(13)3-4-10(9)19-12/h3-7H,13H2,1-2H3,(H,15,16). The molecule has 0 saturated carbocycles. The molecule has 7 heteroatoms. The van der Waals surface area contributed by atoms with Gasteiger partial charge in [0.2, 0.25) is 0 Å². The molecule has 0 bridgehead atoms. The Balaban J connectivity index is 1.87. The van der Waals surface area contributed by atoms with E-state index >= 15 is 0 Å². The first kappa shape index (κ1) is 11.5. The Morgan fingerprint density at radius 2 is 2.26 bits per heavy atom. The summed E-state index contributed by atoms with van der Waals surface area (Å²) in [6.07, 6.45) is 1.65. The Kier molecular flexibility index (Phi) is 2.59. The maximum atomic E-state index is 5.71. The van der Waals surface area contributed by atoms with E-state index in [1.54, 1.807) is 24.5 Å². The molecule has 0 aliphatic heterocycles. The van der Waals surface area contributed by atoms with Gasteiger partial charge in [-0.25, -0.2) is 0 Å². The molecule has 3 N–H and O–H groups in total. The number of aromatic nitrogens is 4. The van der Waals surface area contributed by atoms with Crippen molar-refractivity contribution in [1.29, 1.82) is 0 Å². The van der Waals surface area contributed by atoms with Gasteiger partial charge in [-0.1, -0.05) is 0 Å². The topological polar surface area (TPSA) is 94.8 Å². The summed E-state index contributed by atoms with van der Waals surface area (Å²) >= 11 is 0. The Morgan fingerprint density at radius 3 is 3.00 bits per heavy atom. The predicted molar refractivity (Wildman–Crippen MR) is 71.5 cm³/mol. The van der Waals surface area contributed by atoms with Gasteiger partial charge in [-0.2, -0.15) is 4.98 Å². The van der Waals surface area contributed by atoms with Crippen molar-refractivity contribution in [2.45, 2.75) is 13.0 Å². The molecule has 2 heterocycles. The first-order chi connectivity index (χ1) is 9.13. The molecule has 3 aromatic rings. The Hall–Kier alpha value is -2.57. The molecule has 1 unspecified atom stereocenters. The molecule has 0 aliphatic carbocycles. The van der Waals surface area contributed by atoms with E-state index < -0.39 is 0 Å². The molecule has 98 valence electrons. The highest BCUT2D eigenvalue weighted by molar-refractivity contribution is 5.78. The lowest BCUT2D eigenvalue weighted by Gasteiger charge is -2.10. The van der Waals surface area contributed by atoms with Gasteiger partial charge < -0.3 is 20.0 Å². The average molecular weight is 258 g/mol. The van der Waals surface area contributed by atoms with Crippen molar-refractivity contribution in [3.8, 4) is 0 Å². The van der Waals surface area contributed by atoms with Crippen molar-refractivity contribution in [3.05, 3.63) is 30.4 Å². The van der Waals surface area contributed by atoms with Crippen molar-refractivity contribution in [3.63, 3.8) is 0 Å². The smallest absolute Gasteiger partial charge is 0.296 e. The quantitative estimate of drug-likeness (QED) is 0.694. The second kappa shape index (κ2) is 4.27. The number of hydrogen-bond acceptors (Lipinski definition) is 6. The zero-order valence-corrected chi connectivity index (χ0v) is 10.7. The zero-order chi connectivity index (χ0) is 13.4. The summed E-state index contributed by atoms with van der Waals surface area (Å²) in [6, 6.07) is 5.74. The fraction of sp³-hybridized carbons (Fsp3) is 0.250. The van der Waals surface area contributed by atoms with Gasteiger partial charge in [-0.3, -0.25) is 0 Å². The van der Waals surface area contributed by atoms with Crippen LogP contribution in [0.2, 0.25) is 0 Å². The van der Waals surface area contributed by atoms with Crippen LogP contribution in [0.3, 0.4) is 0 Å². The Bertz CT molecular complexity index is 716. The highest BCUT2D eigenvalue weighted by Crippen LogP contribution is 2.23. The number of aryl methyl sites for hydroxylation is 1. The van der Waals surface area contributed by atoms with E-state index in [1.165, 1.54) is 0 Å². The van der Waals surface area contributed by atoms with Crippen LogP contribution in [0.15, 0.2) is 28.9 Å². The van der Waals surface area contributed by atoms with E-state index in [2.05, 4.69) is 20.5 Å². The molecule has 0 fully saturated rings. The lowest BCUT2D eigenvalue weighted by atomic mass is 10.3. The first-order valence-electron chi connectivity index (χ1n) is 5.90. The van der Waals surface area contributed by atoms with Crippen LogP contribution in [0.25, 0.3) is 11.1 Å². The monoisotopic (exact) mass is 258 g/mol. The third-order valence-electron chi connectivity index (χ3n) is 2.89. The van der Waals surface area contributed by atoms with E-state index in [4.69, 9.17) is 10.2 Å². The molecule has 0 amide bonds. The fourth-order valence-corrected chi connectivity index (χ4v) is 1.94. The van der Waals surface area contributed by atoms with Crippen LogP contribution in [-0.4, -0.2) is 19.7 Å². The second-order valence-corrected chi connectivity index (χ2v) is 4.41. The van der Waals surface area contributed by atoms with E-state index in [1.807, 2.05) is 18.5 Å². The van der Waals surface area contributed by atoms with Crippen LogP contribution < -0.4 is 11.1 Å². The number of nitrogens with two attached hydrogens (primary N) is 1. The molecule has 2 aromatic heterocycles. The molecular formula is C12H14N6O. The number of benzene rings is 1. The number of anilines is 2. The Morgan fingerprint density at radius 1 is 1.42 bits per heavy atom. The number of fused-ring (bicyclic) bond motifs is 1. The normalized spacial score (nSPS) is 12.7. The van der Waals surface area contributed by atoms with Gasteiger partial charge in [0.25, 0.3) is 6.01 Å². The van der Waals surface area contributed by atoms with Crippen LogP contribution in [0.1, 0.15) is 18.8 Å². The largest absolute Gasteiger partial charge is 0.424 e. The zero-order valence-electron chi connectivity index (χ0n) is 10.7. The third kappa shape index (κ3) is 2.10.